The van der Waals surface area contributed by atoms with E-state index in [0.29, 0.717) is 41.1 Å². The summed E-state index contributed by atoms with van der Waals surface area (Å²) < 4.78 is 16.0. The Bertz CT molecular complexity index is 623. The molecule has 1 aromatic rings. The molecule has 0 radical (unpaired) electrons. The van der Waals surface area contributed by atoms with Crippen LogP contribution in [0.15, 0.2) is 22.2 Å². The number of hydrogen-bond acceptors (Lipinski definition) is 5. The molecule has 0 aliphatic carbocycles. The summed E-state index contributed by atoms with van der Waals surface area (Å²) in [6, 6.07) is 5.32. The maximum atomic E-state index is 12.0. The molecule has 0 saturated heterocycles. The van der Waals surface area contributed by atoms with Gasteiger partial charge in [0.25, 0.3) is 5.91 Å². The van der Waals surface area contributed by atoms with Gasteiger partial charge in [0.05, 0.1) is 14.2 Å². The number of carbonyl (C=O) groups is 1. The Kier molecular flexibility index (Phi) is 8.16. The molecule has 1 aromatic carbocycles. The topological polar surface area (TPSA) is 80.6 Å². The number of halogens is 1. The van der Waals surface area contributed by atoms with Gasteiger partial charge >= 0.3 is 0 Å². The molecule has 0 aromatic heterocycles. The van der Waals surface area contributed by atoms with Crippen molar-refractivity contribution in [3.63, 3.8) is 0 Å². The number of methoxy groups -OCH3 is 3. The van der Waals surface area contributed by atoms with Gasteiger partial charge in [0.1, 0.15) is 11.6 Å². The highest BCUT2D eigenvalue weighted by molar-refractivity contribution is 9.10. The number of nitrogens with zero attached hydrogens (tertiary/aromatic N) is 1. The van der Waals surface area contributed by atoms with Crippen LogP contribution in [-0.2, 0) is 9.53 Å². The van der Waals surface area contributed by atoms with Gasteiger partial charge in [-0.3, -0.25) is 4.79 Å². The molecular formula is C16H19BrN2O4. The third-order valence-corrected chi connectivity index (χ3v) is 3.67. The summed E-state index contributed by atoms with van der Waals surface area (Å²) in [6.45, 7) is 0.992. The molecule has 0 fully saturated rings. The molecule has 1 amide bonds. The third-order valence-electron chi connectivity index (χ3n) is 2.98. The fraction of sp³-hybridized carbons (Fsp3) is 0.375. The molecule has 1 rings (SSSR count). The summed E-state index contributed by atoms with van der Waals surface area (Å²) >= 11 is 3.39. The van der Waals surface area contributed by atoms with Crippen LogP contribution in [-0.4, -0.2) is 40.4 Å². The van der Waals surface area contributed by atoms with Crippen molar-refractivity contribution in [2.75, 3.05) is 34.5 Å². The quantitative estimate of drug-likeness (QED) is 0.424. The van der Waals surface area contributed by atoms with Gasteiger partial charge in [-0.25, -0.2) is 0 Å². The van der Waals surface area contributed by atoms with Gasteiger partial charge in [0.15, 0.2) is 11.5 Å². The van der Waals surface area contributed by atoms with Gasteiger partial charge < -0.3 is 19.5 Å². The molecule has 7 heteroatoms. The predicted octanol–water partition coefficient (Wildman–Crippen LogP) is 2.53. The molecule has 124 valence electrons. The number of carbonyl (C=O) groups excluding carboxylic acids is 1. The van der Waals surface area contributed by atoms with E-state index in [1.54, 1.807) is 19.2 Å². The van der Waals surface area contributed by atoms with Gasteiger partial charge in [-0.05, 0) is 30.2 Å². The standard InChI is InChI=1S/C16H19BrN2O4/c1-21-6-4-5-19-16(20)12(10-18)7-11-8-14(22-2)15(23-3)9-13(11)17/h7-9H,4-6H2,1-3H3,(H,19,20)/b12-7+. The number of nitrogens with one attached hydrogen (secondary N) is 1. The van der Waals surface area contributed by atoms with Gasteiger partial charge in [-0.1, -0.05) is 15.9 Å². The smallest absolute Gasteiger partial charge is 0.261 e. The summed E-state index contributed by atoms with van der Waals surface area (Å²) in [5, 5.41) is 11.9. The van der Waals surface area contributed by atoms with E-state index >= 15 is 0 Å². The largest absolute Gasteiger partial charge is 0.493 e. The van der Waals surface area contributed by atoms with Crippen molar-refractivity contribution in [1.82, 2.24) is 5.32 Å². The fourth-order valence-corrected chi connectivity index (χ4v) is 2.24. The normalized spacial score (nSPS) is 10.8. The van der Waals surface area contributed by atoms with Crippen molar-refractivity contribution in [2.45, 2.75) is 6.42 Å². The highest BCUT2D eigenvalue weighted by Gasteiger charge is 2.12. The number of nitriles is 1. The minimum absolute atomic E-state index is 0.00957. The molecule has 0 atom stereocenters. The Morgan fingerprint density at radius 2 is 1.96 bits per heavy atom. The third kappa shape index (κ3) is 5.58. The Hall–Kier alpha value is -2.04. The molecule has 23 heavy (non-hydrogen) atoms. The van der Waals surface area contributed by atoms with Crippen LogP contribution < -0.4 is 14.8 Å². The molecule has 0 unspecified atom stereocenters. The van der Waals surface area contributed by atoms with Gasteiger partial charge in [0, 0.05) is 24.7 Å². The molecule has 0 saturated carbocycles. The summed E-state index contributed by atoms with van der Waals surface area (Å²) in [5.74, 6) is 0.643. The summed E-state index contributed by atoms with van der Waals surface area (Å²) in [7, 11) is 4.65. The number of benzene rings is 1. The first-order chi connectivity index (χ1) is 11.1. The van der Waals surface area contributed by atoms with Gasteiger partial charge in [-0.2, -0.15) is 5.26 Å². The SMILES string of the molecule is COCCCNC(=O)/C(C#N)=C/c1cc(OC)c(OC)cc1Br. The Morgan fingerprint density at radius 3 is 2.52 bits per heavy atom. The molecule has 6 nitrogen and oxygen atoms in total. The molecule has 0 aliphatic heterocycles. The average Bonchev–Trinajstić information content (AvgIpc) is 2.57. The zero-order valence-electron chi connectivity index (χ0n) is 13.3. The second-order valence-corrected chi connectivity index (χ2v) is 5.36. The van der Waals surface area contributed by atoms with Crippen LogP contribution >= 0.6 is 15.9 Å². The number of amides is 1. The molecule has 0 aliphatic rings. The van der Waals surface area contributed by atoms with Crippen LogP contribution in [0.4, 0.5) is 0 Å². The maximum Gasteiger partial charge on any atom is 0.261 e. The average molecular weight is 383 g/mol. The van der Waals surface area contributed by atoms with Crippen LogP contribution in [0.2, 0.25) is 0 Å². The first-order valence-electron chi connectivity index (χ1n) is 6.87. The first kappa shape index (κ1) is 19.0. The van der Waals surface area contributed by atoms with Crippen molar-refractivity contribution in [3.05, 3.63) is 27.7 Å². The minimum Gasteiger partial charge on any atom is -0.493 e. The van der Waals surface area contributed by atoms with Crippen LogP contribution in [0.1, 0.15) is 12.0 Å². The number of hydrogen-bond donors (Lipinski definition) is 1. The van der Waals surface area contributed by atoms with E-state index in [2.05, 4.69) is 21.2 Å². The lowest BCUT2D eigenvalue weighted by molar-refractivity contribution is -0.117. The molecule has 0 spiro atoms. The van der Waals surface area contributed by atoms with E-state index in [-0.39, 0.29) is 5.57 Å². The highest BCUT2D eigenvalue weighted by atomic mass is 79.9. The van der Waals surface area contributed by atoms with Crippen molar-refractivity contribution >= 4 is 27.9 Å². The zero-order chi connectivity index (χ0) is 17.2. The lowest BCUT2D eigenvalue weighted by Gasteiger charge is -2.10. The summed E-state index contributed by atoms with van der Waals surface area (Å²) in [6.07, 6.45) is 2.18. The van der Waals surface area contributed by atoms with Gasteiger partial charge in [0.2, 0.25) is 0 Å². The van der Waals surface area contributed by atoms with Crippen LogP contribution in [0.25, 0.3) is 6.08 Å². The predicted molar refractivity (Wildman–Crippen MR) is 90.3 cm³/mol. The molecule has 0 heterocycles. The monoisotopic (exact) mass is 382 g/mol. The Morgan fingerprint density at radius 1 is 1.30 bits per heavy atom. The van der Waals surface area contributed by atoms with E-state index in [0.717, 1.165) is 0 Å². The number of ether oxygens (including phenoxy) is 3. The van der Waals surface area contributed by atoms with Crippen LogP contribution in [0.5, 0.6) is 11.5 Å². The van der Waals surface area contributed by atoms with Crippen molar-refractivity contribution in [2.24, 2.45) is 0 Å². The second kappa shape index (κ2) is 9.87. The molecule has 0 bridgehead atoms. The summed E-state index contributed by atoms with van der Waals surface area (Å²) in [5.41, 5.74) is 0.654. The van der Waals surface area contributed by atoms with Crippen molar-refractivity contribution < 1.29 is 19.0 Å². The zero-order valence-corrected chi connectivity index (χ0v) is 14.9. The summed E-state index contributed by atoms with van der Waals surface area (Å²) in [4.78, 5) is 12.0. The van der Waals surface area contributed by atoms with Gasteiger partial charge in [-0.15, -0.1) is 0 Å². The molecule has 1 N–H and O–H groups in total. The molecular weight excluding hydrogens is 364 g/mol. The van der Waals surface area contributed by atoms with E-state index in [4.69, 9.17) is 14.2 Å². The van der Waals surface area contributed by atoms with E-state index in [1.165, 1.54) is 20.3 Å². The fourth-order valence-electron chi connectivity index (χ4n) is 1.80. The minimum atomic E-state index is -0.426. The van der Waals surface area contributed by atoms with E-state index < -0.39 is 5.91 Å². The van der Waals surface area contributed by atoms with E-state index in [1.807, 2.05) is 6.07 Å². The van der Waals surface area contributed by atoms with E-state index in [9.17, 15) is 10.1 Å². The lowest BCUT2D eigenvalue weighted by atomic mass is 10.1. The van der Waals surface area contributed by atoms with Crippen molar-refractivity contribution in [3.8, 4) is 17.6 Å². The first-order valence-corrected chi connectivity index (χ1v) is 7.67. The Balaban J connectivity index is 2.98. The van der Waals surface area contributed by atoms with Crippen LogP contribution in [0.3, 0.4) is 0 Å². The van der Waals surface area contributed by atoms with Crippen LogP contribution in [0, 0.1) is 11.3 Å². The maximum absolute atomic E-state index is 12.0. The Labute approximate surface area is 144 Å². The number of rotatable bonds is 8. The second-order valence-electron chi connectivity index (χ2n) is 4.50. The highest BCUT2D eigenvalue weighted by Crippen LogP contribution is 2.34. The lowest BCUT2D eigenvalue weighted by Crippen LogP contribution is -2.26. The van der Waals surface area contributed by atoms with Crippen molar-refractivity contribution in [1.29, 1.82) is 5.26 Å².